The SMILES string of the molecule is CC(C)(C)Cc1ccc(NC(C)(C)C)cc1.CC(C)(C)Nc1ccc(COC(C)(C)C)cc1. The molecular weight excluding hydrogens is 404 g/mol. The zero-order chi connectivity index (χ0) is 25.5. The molecule has 0 unspecified atom stereocenters. The van der Waals surface area contributed by atoms with E-state index in [1.807, 2.05) is 0 Å². The molecule has 0 bridgehead atoms. The Hall–Kier alpha value is -2.00. The average molecular weight is 455 g/mol. The van der Waals surface area contributed by atoms with Gasteiger partial charge in [-0.1, -0.05) is 45.0 Å². The number of anilines is 2. The minimum absolute atomic E-state index is 0.0810. The van der Waals surface area contributed by atoms with Gasteiger partial charge < -0.3 is 15.4 Å². The summed E-state index contributed by atoms with van der Waals surface area (Å²) in [6.45, 7) is 26.7. The molecule has 3 heteroatoms. The molecule has 0 heterocycles. The van der Waals surface area contributed by atoms with E-state index in [9.17, 15) is 0 Å². The van der Waals surface area contributed by atoms with Gasteiger partial charge in [0.05, 0.1) is 12.2 Å². The van der Waals surface area contributed by atoms with Crippen LogP contribution in [-0.2, 0) is 17.8 Å². The van der Waals surface area contributed by atoms with Crippen molar-refractivity contribution in [2.45, 2.75) is 113 Å². The van der Waals surface area contributed by atoms with Gasteiger partial charge in [0.25, 0.3) is 0 Å². The van der Waals surface area contributed by atoms with E-state index in [1.165, 1.54) is 16.8 Å². The summed E-state index contributed by atoms with van der Waals surface area (Å²) >= 11 is 0. The number of hydrogen-bond acceptors (Lipinski definition) is 3. The Labute approximate surface area is 204 Å². The lowest BCUT2D eigenvalue weighted by molar-refractivity contribution is -0.0149. The number of rotatable bonds is 5. The molecule has 2 N–H and O–H groups in total. The van der Waals surface area contributed by atoms with Gasteiger partial charge in [-0.2, -0.15) is 0 Å². The highest BCUT2D eigenvalue weighted by Gasteiger charge is 2.13. The monoisotopic (exact) mass is 454 g/mol. The van der Waals surface area contributed by atoms with Crippen molar-refractivity contribution in [1.82, 2.24) is 0 Å². The first-order valence-electron chi connectivity index (χ1n) is 12.2. The Kier molecular flexibility index (Phi) is 10.0. The fourth-order valence-corrected chi connectivity index (χ4v) is 3.17. The van der Waals surface area contributed by atoms with Crippen LogP contribution in [0.3, 0.4) is 0 Å². The molecular formula is C30H50N2O. The highest BCUT2D eigenvalue weighted by molar-refractivity contribution is 5.47. The van der Waals surface area contributed by atoms with Crippen molar-refractivity contribution in [1.29, 1.82) is 0 Å². The van der Waals surface area contributed by atoms with E-state index < -0.39 is 0 Å². The van der Waals surface area contributed by atoms with Crippen molar-refractivity contribution in [3.05, 3.63) is 59.7 Å². The van der Waals surface area contributed by atoms with Crippen LogP contribution >= 0.6 is 0 Å². The van der Waals surface area contributed by atoms with E-state index in [2.05, 4.69) is 142 Å². The number of ether oxygens (including phenoxy) is 1. The van der Waals surface area contributed by atoms with Gasteiger partial charge in [0.15, 0.2) is 0 Å². The molecule has 0 amide bonds. The van der Waals surface area contributed by atoms with E-state index >= 15 is 0 Å². The Bertz CT molecular complexity index is 774. The number of hydrogen-bond donors (Lipinski definition) is 2. The minimum atomic E-state index is -0.0810. The van der Waals surface area contributed by atoms with Crippen LogP contribution < -0.4 is 10.6 Å². The molecule has 0 aliphatic heterocycles. The summed E-state index contributed by atoms with van der Waals surface area (Å²) in [5.41, 5.74) is 5.48. The molecule has 0 saturated heterocycles. The second-order valence-electron chi connectivity index (χ2n) is 13.3. The van der Waals surface area contributed by atoms with Crippen LogP contribution in [0.5, 0.6) is 0 Å². The fraction of sp³-hybridized carbons (Fsp3) is 0.600. The molecule has 0 aliphatic carbocycles. The first-order chi connectivity index (χ1) is 14.8. The van der Waals surface area contributed by atoms with Gasteiger partial charge in [0, 0.05) is 22.5 Å². The maximum atomic E-state index is 5.74. The molecule has 2 aromatic carbocycles. The predicted molar refractivity (Wildman–Crippen MR) is 147 cm³/mol. The zero-order valence-corrected chi connectivity index (χ0v) is 23.4. The van der Waals surface area contributed by atoms with E-state index in [0.717, 1.165) is 12.1 Å². The van der Waals surface area contributed by atoms with Gasteiger partial charge in [-0.25, -0.2) is 0 Å². The summed E-state index contributed by atoms with van der Waals surface area (Å²) in [6.07, 6.45) is 1.13. The third-order valence-corrected chi connectivity index (χ3v) is 4.35. The molecule has 0 fully saturated rings. The van der Waals surface area contributed by atoms with Crippen molar-refractivity contribution >= 4 is 11.4 Å². The Morgan fingerprint density at radius 2 is 0.909 bits per heavy atom. The summed E-state index contributed by atoms with van der Waals surface area (Å²) < 4.78 is 5.74. The smallest absolute Gasteiger partial charge is 0.0724 e. The predicted octanol–water partition coefficient (Wildman–Crippen LogP) is 8.70. The van der Waals surface area contributed by atoms with Crippen LogP contribution in [0, 0.1) is 5.41 Å². The van der Waals surface area contributed by atoms with Crippen LogP contribution in [0.15, 0.2) is 48.5 Å². The quantitative estimate of drug-likeness (QED) is 0.474. The summed E-state index contributed by atoms with van der Waals surface area (Å²) in [6, 6.07) is 17.2. The van der Waals surface area contributed by atoms with Crippen molar-refractivity contribution in [2.75, 3.05) is 10.6 Å². The van der Waals surface area contributed by atoms with Crippen molar-refractivity contribution in [3.8, 4) is 0 Å². The molecule has 2 aromatic rings. The molecule has 2 rings (SSSR count). The maximum Gasteiger partial charge on any atom is 0.0724 e. The van der Waals surface area contributed by atoms with Crippen LogP contribution in [0.4, 0.5) is 11.4 Å². The third kappa shape index (κ3) is 15.5. The molecule has 0 aromatic heterocycles. The fourth-order valence-electron chi connectivity index (χ4n) is 3.17. The summed E-state index contributed by atoms with van der Waals surface area (Å²) in [5.74, 6) is 0. The van der Waals surface area contributed by atoms with Crippen molar-refractivity contribution in [3.63, 3.8) is 0 Å². The molecule has 3 nitrogen and oxygen atoms in total. The lowest BCUT2D eigenvalue weighted by Gasteiger charge is -2.23. The van der Waals surface area contributed by atoms with Gasteiger partial charge in [0.1, 0.15) is 0 Å². The first-order valence-corrected chi connectivity index (χ1v) is 12.2. The lowest BCUT2D eigenvalue weighted by Crippen LogP contribution is -2.25. The molecule has 0 saturated carbocycles. The molecule has 0 radical (unpaired) electrons. The minimum Gasteiger partial charge on any atom is -0.380 e. The lowest BCUT2D eigenvalue weighted by atomic mass is 9.88. The van der Waals surface area contributed by atoms with E-state index in [-0.39, 0.29) is 16.7 Å². The topological polar surface area (TPSA) is 33.3 Å². The maximum absolute atomic E-state index is 5.74. The summed E-state index contributed by atoms with van der Waals surface area (Å²) in [5, 5.41) is 6.91. The Balaban J connectivity index is 0.000000331. The van der Waals surface area contributed by atoms with Crippen LogP contribution in [0.25, 0.3) is 0 Å². The molecule has 0 aliphatic rings. The highest BCUT2D eigenvalue weighted by Crippen LogP contribution is 2.22. The van der Waals surface area contributed by atoms with Crippen molar-refractivity contribution in [2.24, 2.45) is 5.41 Å². The van der Waals surface area contributed by atoms with Gasteiger partial charge in [-0.3, -0.25) is 0 Å². The standard InChI is InChI=1S/C15H25NO.C15H25N/c1-14(2,3)16-13-9-7-12(8-10-13)11-17-15(4,5)6;1-14(2,3)11-12-7-9-13(10-8-12)16-15(4,5)6/h7-10,16H,11H2,1-6H3;7-10,16H,11H2,1-6H3. The van der Waals surface area contributed by atoms with Gasteiger partial charge in [-0.15, -0.1) is 0 Å². The molecule has 0 spiro atoms. The van der Waals surface area contributed by atoms with E-state index in [1.54, 1.807) is 0 Å². The molecule has 33 heavy (non-hydrogen) atoms. The van der Waals surface area contributed by atoms with Crippen LogP contribution in [-0.4, -0.2) is 16.7 Å². The largest absolute Gasteiger partial charge is 0.380 e. The Morgan fingerprint density at radius 3 is 1.21 bits per heavy atom. The van der Waals surface area contributed by atoms with Gasteiger partial charge in [-0.05, 0) is 110 Å². The third-order valence-electron chi connectivity index (χ3n) is 4.35. The second-order valence-corrected chi connectivity index (χ2v) is 13.3. The first kappa shape index (κ1) is 29.0. The number of nitrogens with one attached hydrogen (secondary N) is 2. The Morgan fingerprint density at radius 1 is 0.545 bits per heavy atom. The van der Waals surface area contributed by atoms with Crippen LogP contribution in [0.2, 0.25) is 0 Å². The van der Waals surface area contributed by atoms with E-state index in [0.29, 0.717) is 12.0 Å². The van der Waals surface area contributed by atoms with E-state index in [4.69, 9.17) is 4.74 Å². The highest BCUT2D eigenvalue weighted by atomic mass is 16.5. The van der Waals surface area contributed by atoms with Gasteiger partial charge >= 0.3 is 0 Å². The summed E-state index contributed by atoms with van der Waals surface area (Å²) in [7, 11) is 0. The second kappa shape index (κ2) is 11.4. The summed E-state index contributed by atoms with van der Waals surface area (Å²) in [4.78, 5) is 0. The number of benzene rings is 2. The molecule has 186 valence electrons. The van der Waals surface area contributed by atoms with Gasteiger partial charge in [0.2, 0.25) is 0 Å². The van der Waals surface area contributed by atoms with Crippen LogP contribution in [0.1, 0.15) is 94.2 Å². The molecule has 0 atom stereocenters. The normalized spacial score (nSPS) is 12.6. The van der Waals surface area contributed by atoms with Crippen molar-refractivity contribution < 1.29 is 4.74 Å². The zero-order valence-electron chi connectivity index (χ0n) is 23.4. The average Bonchev–Trinajstić information content (AvgIpc) is 2.59.